The summed E-state index contributed by atoms with van der Waals surface area (Å²) in [6.45, 7) is 3.94. The van der Waals surface area contributed by atoms with Crippen LogP contribution in [0.2, 0.25) is 10.0 Å². The van der Waals surface area contributed by atoms with Crippen molar-refractivity contribution in [1.82, 2.24) is 14.8 Å². The zero-order chi connectivity index (χ0) is 15.6. The second-order valence-electron chi connectivity index (χ2n) is 4.55. The van der Waals surface area contributed by atoms with Crippen LogP contribution in [0.25, 0.3) is 11.4 Å². The van der Waals surface area contributed by atoms with Crippen LogP contribution < -0.4 is 0 Å². The van der Waals surface area contributed by atoms with Gasteiger partial charge in [-0.2, -0.15) is 0 Å². The van der Waals surface area contributed by atoms with Crippen LogP contribution in [0.15, 0.2) is 23.4 Å². The molecule has 0 radical (unpaired) electrons. The number of aromatic nitrogens is 3. The number of hydrogen-bond donors (Lipinski definition) is 1. The fourth-order valence-electron chi connectivity index (χ4n) is 1.83. The lowest BCUT2D eigenvalue weighted by Gasteiger charge is -2.14. The fraction of sp³-hybridized carbons (Fsp3) is 0.308. The van der Waals surface area contributed by atoms with Crippen molar-refractivity contribution in [3.63, 3.8) is 0 Å². The molecule has 2 aromatic rings. The summed E-state index contributed by atoms with van der Waals surface area (Å²) < 4.78 is 1.85. The zero-order valence-electron chi connectivity index (χ0n) is 11.4. The maximum absolute atomic E-state index is 10.7. The average molecular weight is 346 g/mol. The van der Waals surface area contributed by atoms with E-state index in [4.69, 9.17) is 28.3 Å². The van der Waals surface area contributed by atoms with Gasteiger partial charge in [0.2, 0.25) is 0 Å². The molecule has 21 heavy (non-hydrogen) atoms. The summed E-state index contributed by atoms with van der Waals surface area (Å²) in [4.78, 5) is 10.7. The third kappa shape index (κ3) is 3.51. The lowest BCUT2D eigenvalue weighted by atomic mass is 10.2. The highest BCUT2D eigenvalue weighted by molar-refractivity contribution is 7.99. The number of hydrogen-bond acceptors (Lipinski definition) is 4. The molecule has 1 heterocycles. The minimum atomic E-state index is -0.902. The van der Waals surface area contributed by atoms with Gasteiger partial charge in [-0.25, -0.2) is 0 Å². The predicted octanol–water partition coefficient (Wildman–Crippen LogP) is 4.01. The van der Waals surface area contributed by atoms with Crippen molar-refractivity contribution in [1.29, 1.82) is 0 Å². The Morgan fingerprint density at radius 2 is 2.10 bits per heavy atom. The number of nitrogens with zero attached hydrogens (tertiary/aromatic N) is 3. The SMILES string of the molecule is CC(C)n1c(SCC(=O)O)nnc1-c1cccc(Cl)c1Cl. The van der Waals surface area contributed by atoms with Crippen molar-refractivity contribution >= 4 is 40.9 Å². The van der Waals surface area contributed by atoms with Crippen molar-refractivity contribution < 1.29 is 9.90 Å². The highest BCUT2D eigenvalue weighted by Gasteiger charge is 2.20. The van der Waals surface area contributed by atoms with E-state index >= 15 is 0 Å². The number of thioether (sulfide) groups is 1. The predicted molar refractivity (Wildman–Crippen MR) is 84.2 cm³/mol. The number of halogens is 2. The van der Waals surface area contributed by atoms with Crippen molar-refractivity contribution in [2.75, 3.05) is 5.75 Å². The summed E-state index contributed by atoms with van der Waals surface area (Å²) in [5.74, 6) is -0.403. The Bertz CT molecular complexity index is 673. The topological polar surface area (TPSA) is 68.0 Å². The lowest BCUT2D eigenvalue weighted by Crippen LogP contribution is -2.07. The molecule has 0 saturated carbocycles. The third-order valence-electron chi connectivity index (χ3n) is 2.70. The van der Waals surface area contributed by atoms with Gasteiger partial charge >= 0.3 is 5.97 Å². The molecule has 2 rings (SSSR count). The van der Waals surface area contributed by atoms with Crippen LogP contribution in [-0.2, 0) is 4.79 Å². The quantitative estimate of drug-likeness (QED) is 0.829. The van der Waals surface area contributed by atoms with E-state index in [1.807, 2.05) is 24.5 Å². The van der Waals surface area contributed by atoms with E-state index in [0.29, 0.717) is 26.6 Å². The van der Waals surface area contributed by atoms with Gasteiger partial charge in [-0.3, -0.25) is 9.36 Å². The Labute approximate surface area is 136 Å². The van der Waals surface area contributed by atoms with Crippen LogP contribution in [0.3, 0.4) is 0 Å². The fourth-order valence-corrected chi connectivity index (χ4v) is 3.00. The average Bonchev–Trinajstić information content (AvgIpc) is 2.83. The molecule has 0 atom stereocenters. The molecule has 1 aromatic heterocycles. The van der Waals surface area contributed by atoms with E-state index in [9.17, 15) is 4.79 Å². The standard InChI is InChI=1S/C13H13Cl2N3O2S/c1-7(2)18-12(8-4-3-5-9(14)11(8)15)16-17-13(18)21-6-10(19)20/h3-5,7H,6H2,1-2H3,(H,19,20). The summed E-state index contributed by atoms with van der Waals surface area (Å²) in [7, 11) is 0. The molecule has 5 nitrogen and oxygen atoms in total. The summed E-state index contributed by atoms with van der Waals surface area (Å²) in [5.41, 5.74) is 0.674. The van der Waals surface area contributed by atoms with Crippen molar-refractivity contribution in [2.45, 2.75) is 25.0 Å². The molecular formula is C13H13Cl2N3O2S. The van der Waals surface area contributed by atoms with E-state index in [-0.39, 0.29) is 11.8 Å². The Morgan fingerprint density at radius 3 is 2.71 bits per heavy atom. The van der Waals surface area contributed by atoms with E-state index in [2.05, 4.69) is 10.2 Å². The first kappa shape index (κ1) is 16.1. The van der Waals surface area contributed by atoms with Crippen molar-refractivity contribution in [3.05, 3.63) is 28.2 Å². The first-order valence-corrected chi connectivity index (χ1v) is 7.89. The second kappa shape index (κ2) is 6.68. The van der Waals surface area contributed by atoms with Gasteiger partial charge in [0.25, 0.3) is 0 Å². The number of carboxylic acid groups (broad SMARTS) is 1. The number of aliphatic carboxylic acids is 1. The molecule has 0 amide bonds. The van der Waals surface area contributed by atoms with Crippen molar-refractivity contribution in [2.24, 2.45) is 0 Å². The highest BCUT2D eigenvalue weighted by Crippen LogP contribution is 2.35. The van der Waals surface area contributed by atoms with E-state index in [1.54, 1.807) is 12.1 Å². The molecule has 0 aliphatic rings. The molecule has 0 bridgehead atoms. The molecule has 8 heteroatoms. The maximum Gasteiger partial charge on any atom is 0.313 e. The van der Waals surface area contributed by atoms with Gasteiger partial charge in [0, 0.05) is 11.6 Å². The minimum Gasteiger partial charge on any atom is -0.481 e. The molecule has 0 unspecified atom stereocenters. The Kier molecular flexibility index (Phi) is 5.13. The maximum atomic E-state index is 10.7. The summed E-state index contributed by atoms with van der Waals surface area (Å²) in [6, 6.07) is 5.35. The Hall–Kier alpha value is -1.24. The molecular weight excluding hydrogens is 333 g/mol. The van der Waals surface area contributed by atoms with Gasteiger partial charge in [-0.15, -0.1) is 10.2 Å². The third-order valence-corrected chi connectivity index (χ3v) is 4.44. The van der Waals surface area contributed by atoms with Crippen LogP contribution in [0.5, 0.6) is 0 Å². The number of benzene rings is 1. The normalized spacial score (nSPS) is 11.1. The first-order valence-electron chi connectivity index (χ1n) is 6.15. The monoisotopic (exact) mass is 345 g/mol. The molecule has 0 spiro atoms. The minimum absolute atomic E-state index is 0.0568. The Morgan fingerprint density at radius 1 is 1.38 bits per heavy atom. The number of rotatable bonds is 5. The summed E-state index contributed by atoms with van der Waals surface area (Å²) >= 11 is 13.4. The van der Waals surface area contributed by atoms with Gasteiger partial charge in [0.15, 0.2) is 11.0 Å². The Balaban J connectivity index is 2.49. The second-order valence-corrected chi connectivity index (χ2v) is 6.28. The van der Waals surface area contributed by atoms with Crippen LogP contribution in [0, 0.1) is 0 Å². The molecule has 0 aliphatic carbocycles. The van der Waals surface area contributed by atoms with E-state index < -0.39 is 5.97 Å². The highest BCUT2D eigenvalue weighted by atomic mass is 35.5. The number of carbonyl (C=O) groups is 1. The van der Waals surface area contributed by atoms with Gasteiger partial charge in [0.05, 0.1) is 15.8 Å². The molecule has 0 saturated heterocycles. The van der Waals surface area contributed by atoms with Gasteiger partial charge in [-0.1, -0.05) is 41.0 Å². The smallest absolute Gasteiger partial charge is 0.313 e. The van der Waals surface area contributed by atoms with Crippen molar-refractivity contribution in [3.8, 4) is 11.4 Å². The van der Waals surface area contributed by atoms with Crippen LogP contribution in [0.4, 0.5) is 0 Å². The zero-order valence-corrected chi connectivity index (χ0v) is 13.7. The van der Waals surface area contributed by atoms with E-state index in [1.165, 1.54) is 0 Å². The van der Waals surface area contributed by atoms with Gasteiger partial charge in [0.1, 0.15) is 0 Å². The largest absolute Gasteiger partial charge is 0.481 e. The summed E-state index contributed by atoms with van der Waals surface area (Å²) in [6.07, 6.45) is 0. The number of carboxylic acids is 1. The molecule has 1 N–H and O–H groups in total. The molecule has 0 aliphatic heterocycles. The lowest BCUT2D eigenvalue weighted by molar-refractivity contribution is -0.133. The van der Waals surface area contributed by atoms with Gasteiger partial charge < -0.3 is 5.11 Å². The van der Waals surface area contributed by atoms with E-state index in [0.717, 1.165) is 11.8 Å². The molecule has 112 valence electrons. The van der Waals surface area contributed by atoms with Crippen LogP contribution in [0.1, 0.15) is 19.9 Å². The summed E-state index contributed by atoms with van der Waals surface area (Å²) in [5, 5.41) is 18.4. The molecule has 1 aromatic carbocycles. The van der Waals surface area contributed by atoms with Crippen LogP contribution in [-0.4, -0.2) is 31.6 Å². The van der Waals surface area contributed by atoms with Crippen LogP contribution >= 0.6 is 35.0 Å². The molecule has 0 fully saturated rings. The van der Waals surface area contributed by atoms with Gasteiger partial charge in [-0.05, 0) is 26.0 Å². The first-order chi connectivity index (χ1) is 9.91.